The number of carbonyl (C=O) groups is 1. The molecule has 3 rings (SSSR count). The topological polar surface area (TPSA) is 54.0 Å². The molecule has 2 aromatic rings. The van der Waals surface area contributed by atoms with Crippen LogP contribution in [0.25, 0.3) is 11.3 Å². The van der Waals surface area contributed by atoms with Crippen molar-refractivity contribution in [1.29, 1.82) is 0 Å². The van der Waals surface area contributed by atoms with E-state index in [1.54, 1.807) is 0 Å². The van der Waals surface area contributed by atoms with Gasteiger partial charge >= 0.3 is 6.03 Å². The first-order valence-electron chi connectivity index (χ1n) is 7.83. The first-order valence-corrected chi connectivity index (χ1v) is 8.64. The molecule has 4 nitrogen and oxygen atoms in total. The third-order valence-corrected chi connectivity index (χ3v) is 4.89. The minimum absolute atomic E-state index is 0.139. The third-order valence-electron chi connectivity index (χ3n) is 4.00. The molecule has 0 radical (unpaired) electrons. The average Bonchev–Trinajstić information content (AvgIpc) is 2.89. The van der Waals surface area contributed by atoms with Gasteiger partial charge in [-0.25, -0.2) is 9.78 Å². The van der Waals surface area contributed by atoms with Crippen LogP contribution >= 0.6 is 11.3 Å². The van der Waals surface area contributed by atoms with Crippen LogP contribution in [-0.2, 0) is 0 Å². The Hall–Kier alpha value is -1.88. The number of amides is 2. The van der Waals surface area contributed by atoms with Crippen molar-refractivity contribution in [3.63, 3.8) is 0 Å². The second-order valence-corrected chi connectivity index (χ2v) is 6.93. The molecule has 2 amide bonds. The van der Waals surface area contributed by atoms with Crippen LogP contribution < -0.4 is 10.6 Å². The number of aryl methyl sites for hydroxylation is 1. The second-order valence-electron chi connectivity index (χ2n) is 5.72. The zero-order chi connectivity index (χ0) is 15.4. The van der Waals surface area contributed by atoms with E-state index in [1.165, 1.54) is 30.6 Å². The molecule has 0 bridgehead atoms. The number of nitrogens with zero attached hydrogens (tertiary/aromatic N) is 1. The van der Waals surface area contributed by atoms with E-state index in [1.807, 2.05) is 37.3 Å². The summed E-state index contributed by atoms with van der Waals surface area (Å²) in [6, 6.07) is 10.2. The number of anilines is 1. The summed E-state index contributed by atoms with van der Waals surface area (Å²) in [5.74, 6) is 0. The predicted octanol–water partition coefficient (Wildman–Crippen LogP) is 4.57. The molecule has 0 unspecified atom stereocenters. The SMILES string of the molecule is Cc1sc(NC(=O)NC2CCCCC2)nc1-c1ccccc1. The van der Waals surface area contributed by atoms with Crippen molar-refractivity contribution in [2.45, 2.75) is 45.1 Å². The van der Waals surface area contributed by atoms with Crippen molar-refractivity contribution < 1.29 is 4.79 Å². The molecule has 0 atom stereocenters. The largest absolute Gasteiger partial charge is 0.335 e. The molecule has 5 heteroatoms. The van der Waals surface area contributed by atoms with E-state index in [-0.39, 0.29) is 6.03 Å². The molecule has 1 fully saturated rings. The Kier molecular flexibility index (Phi) is 4.73. The number of hydrogen-bond acceptors (Lipinski definition) is 3. The standard InChI is InChI=1S/C17H21N3OS/c1-12-15(13-8-4-2-5-9-13)19-17(22-12)20-16(21)18-14-10-6-3-7-11-14/h2,4-5,8-9,14H,3,6-7,10-11H2,1H3,(H2,18,19,20,21). The first kappa shape index (κ1) is 15.0. The van der Waals surface area contributed by atoms with Crippen molar-refractivity contribution in [3.8, 4) is 11.3 Å². The smallest absolute Gasteiger partial charge is 0.321 e. The number of aromatic nitrogens is 1. The Labute approximate surface area is 135 Å². The molecule has 1 aliphatic rings. The lowest BCUT2D eigenvalue weighted by molar-refractivity contribution is 0.244. The molecule has 0 saturated heterocycles. The normalized spacial score (nSPS) is 15.5. The molecule has 0 aliphatic heterocycles. The summed E-state index contributed by atoms with van der Waals surface area (Å²) in [5.41, 5.74) is 2.02. The maximum Gasteiger partial charge on any atom is 0.321 e. The van der Waals surface area contributed by atoms with Gasteiger partial charge in [-0.15, -0.1) is 11.3 Å². The van der Waals surface area contributed by atoms with Crippen molar-refractivity contribution in [2.75, 3.05) is 5.32 Å². The van der Waals surface area contributed by atoms with Gasteiger partial charge in [-0.2, -0.15) is 0 Å². The number of rotatable bonds is 3. The van der Waals surface area contributed by atoms with Gasteiger partial charge in [-0.3, -0.25) is 5.32 Å². The number of hydrogen-bond donors (Lipinski definition) is 2. The number of nitrogens with one attached hydrogen (secondary N) is 2. The molecule has 116 valence electrons. The van der Waals surface area contributed by atoms with Crippen LogP contribution in [-0.4, -0.2) is 17.1 Å². The zero-order valence-corrected chi connectivity index (χ0v) is 13.6. The molecule has 2 N–H and O–H groups in total. The number of carbonyl (C=O) groups excluding carboxylic acids is 1. The summed E-state index contributed by atoms with van der Waals surface area (Å²) in [5, 5.41) is 6.59. The summed E-state index contributed by atoms with van der Waals surface area (Å²) in [4.78, 5) is 17.8. The number of thiazole rings is 1. The lowest BCUT2D eigenvalue weighted by Gasteiger charge is -2.22. The number of benzene rings is 1. The molecule has 0 spiro atoms. The molecule has 1 aliphatic carbocycles. The van der Waals surface area contributed by atoms with Crippen molar-refractivity contribution >= 4 is 22.5 Å². The van der Waals surface area contributed by atoms with Gasteiger partial charge in [0.2, 0.25) is 0 Å². The molecule has 1 aromatic carbocycles. The third kappa shape index (κ3) is 3.65. The van der Waals surface area contributed by atoms with Crippen molar-refractivity contribution in [3.05, 3.63) is 35.2 Å². The van der Waals surface area contributed by atoms with Crippen molar-refractivity contribution in [1.82, 2.24) is 10.3 Å². The van der Waals surface area contributed by atoms with Gasteiger partial charge in [0.25, 0.3) is 0 Å². The maximum absolute atomic E-state index is 12.1. The molecule has 22 heavy (non-hydrogen) atoms. The van der Waals surface area contributed by atoms with Crippen LogP contribution in [0.4, 0.5) is 9.93 Å². The molecular weight excluding hydrogens is 294 g/mol. The lowest BCUT2D eigenvalue weighted by atomic mass is 9.96. The quantitative estimate of drug-likeness (QED) is 0.871. The molecule has 1 saturated carbocycles. The Morgan fingerprint density at radius 2 is 1.91 bits per heavy atom. The van der Waals surface area contributed by atoms with E-state index in [2.05, 4.69) is 15.6 Å². The van der Waals surface area contributed by atoms with E-state index in [0.717, 1.165) is 29.0 Å². The Balaban J connectivity index is 1.64. The van der Waals surface area contributed by atoms with E-state index in [4.69, 9.17) is 0 Å². The van der Waals surface area contributed by atoms with Gasteiger partial charge in [0.15, 0.2) is 5.13 Å². The first-order chi connectivity index (χ1) is 10.7. The second kappa shape index (κ2) is 6.92. The molecule has 1 heterocycles. The highest BCUT2D eigenvalue weighted by molar-refractivity contribution is 7.16. The fraction of sp³-hybridized carbons (Fsp3) is 0.412. The van der Waals surface area contributed by atoms with E-state index in [0.29, 0.717) is 11.2 Å². The van der Waals surface area contributed by atoms with E-state index >= 15 is 0 Å². The van der Waals surface area contributed by atoms with Gasteiger partial charge in [0.05, 0.1) is 5.69 Å². The van der Waals surface area contributed by atoms with Crippen LogP contribution in [0.15, 0.2) is 30.3 Å². The van der Waals surface area contributed by atoms with Crippen LogP contribution in [0.2, 0.25) is 0 Å². The highest BCUT2D eigenvalue weighted by Crippen LogP contribution is 2.30. The van der Waals surface area contributed by atoms with Gasteiger partial charge in [0.1, 0.15) is 0 Å². The van der Waals surface area contributed by atoms with E-state index in [9.17, 15) is 4.79 Å². The van der Waals surface area contributed by atoms with Gasteiger partial charge < -0.3 is 5.32 Å². The van der Waals surface area contributed by atoms with Crippen LogP contribution in [0.5, 0.6) is 0 Å². The highest BCUT2D eigenvalue weighted by atomic mass is 32.1. The fourth-order valence-electron chi connectivity index (χ4n) is 2.88. The van der Waals surface area contributed by atoms with Crippen LogP contribution in [0.1, 0.15) is 37.0 Å². The molecule has 1 aromatic heterocycles. The van der Waals surface area contributed by atoms with E-state index < -0.39 is 0 Å². The zero-order valence-electron chi connectivity index (χ0n) is 12.8. The summed E-state index contributed by atoms with van der Waals surface area (Å²) >= 11 is 1.52. The minimum atomic E-state index is -0.139. The monoisotopic (exact) mass is 315 g/mol. The van der Waals surface area contributed by atoms with Gasteiger partial charge in [0, 0.05) is 16.5 Å². The van der Waals surface area contributed by atoms with Crippen LogP contribution in [0, 0.1) is 6.92 Å². The Bertz CT molecular complexity index is 633. The minimum Gasteiger partial charge on any atom is -0.335 e. The molecular formula is C17H21N3OS. The highest BCUT2D eigenvalue weighted by Gasteiger charge is 2.17. The Morgan fingerprint density at radius 1 is 1.18 bits per heavy atom. The van der Waals surface area contributed by atoms with Crippen molar-refractivity contribution in [2.24, 2.45) is 0 Å². The van der Waals surface area contributed by atoms with Crippen LogP contribution in [0.3, 0.4) is 0 Å². The van der Waals surface area contributed by atoms with Gasteiger partial charge in [-0.1, -0.05) is 49.6 Å². The maximum atomic E-state index is 12.1. The summed E-state index contributed by atoms with van der Waals surface area (Å²) in [6.07, 6.45) is 5.87. The number of urea groups is 1. The lowest BCUT2D eigenvalue weighted by Crippen LogP contribution is -2.38. The summed E-state index contributed by atoms with van der Waals surface area (Å²) in [7, 11) is 0. The summed E-state index contributed by atoms with van der Waals surface area (Å²) in [6.45, 7) is 2.03. The summed E-state index contributed by atoms with van der Waals surface area (Å²) < 4.78 is 0. The average molecular weight is 315 g/mol. The van der Waals surface area contributed by atoms with Gasteiger partial charge in [-0.05, 0) is 19.8 Å². The fourth-order valence-corrected chi connectivity index (χ4v) is 3.71. The Morgan fingerprint density at radius 3 is 2.64 bits per heavy atom. The predicted molar refractivity (Wildman–Crippen MR) is 91.3 cm³/mol.